The van der Waals surface area contributed by atoms with Crippen LogP contribution in [0, 0.1) is 5.53 Å². The maximum absolute atomic E-state index is 11.6. The monoisotopic (exact) mass is 413 g/mol. The third-order valence-electron chi connectivity index (χ3n) is 5.44. The van der Waals surface area contributed by atoms with E-state index in [1.54, 1.807) is 6.92 Å². The lowest BCUT2D eigenvalue weighted by atomic mass is 10.1. The number of hydrogen-bond acceptors (Lipinski definition) is 6. The van der Waals surface area contributed by atoms with Crippen LogP contribution in [-0.2, 0) is 4.79 Å². The molecule has 0 bridgehead atoms. The van der Waals surface area contributed by atoms with Crippen molar-refractivity contribution in [2.45, 2.75) is 13.1 Å². The van der Waals surface area contributed by atoms with Crippen molar-refractivity contribution in [3.8, 4) is 0 Å². The highest BCUT2D eigenvalue weighted by Gasteiger charge is 2.33. The van der Waals surface area contributed by atoms with E-state index in [-0.39, 0.29) is 12.1 Å². The van der Waals surface area contributed by atoms with Crippen LogP contribution in [0.4, 0.5) is 0 Å². The highest BCUT2D eigenvalue weighted by atomic mass is 35.5. The van der Waals surface area contributed by atoms with Crippen molar-refractivity contribution in [1.29, 1.82) is 5.53 Å². The number of nitrogens with zero attached hydrogens (tertiary/aromatic N) is 4. The molecule has 0 spiro atoms. The molecule has 0 saturated carbocycles. The Kier molecular flexibility index (Phi) is 5.55. The molecule has 1 amide bonds. The summed E-state index contributed by atoms with van der Waals surface area (Å²) in [6, 6.07) is 7.82. The van der Waals surface area contributed by atoms with Gasteiger partial charge in [0.05, 0.1) is 17.1 Å². The number of nitrogens with one attached hydrogen (secondary N) is 3. The molecule has 1 unspecified atom stereocenters. The molecule has 8 nitrogen and oxygen atoms in total. The number of halogens is 1. The molecule has 1 saturated heterocycles. The van der Waals surface area contributed by atoms with Crippen LogP contribution in [-0.4, -0.2) is 59.5 Å². The first-order chi connectivity index (χ1) is 14.0. The largest absolute Gasteiger partial charge is 0.360 e. The summed E-state index contributed by atoms with van der Waals surface area (Å²) in [6.07, 6.45) is 5.94. The molecule has 0 aromatic heterocycles. The maximum Gasteiger partial charge on any atom is 0.219 e. The minimum Gasteiger partial charge on any atom is -0.360 e. The van der Waals surface area contributed by atoms with E-state index in [0.717, 1.165) is 55.4 Å². The molecule has 0 radical (unpaired) electrons. The van der Waals surface area contributed by atoms with E-state index in [2.05, 4.69) is 25.8 Å². The summed E-state index contributed by atoms with van der Waals surface area (Å²) in [7, 11) is 0. The van der Waals surface area contributed by atoms with Crippen LogP contribution in [0.1, 0.15) is 12.5 Å². The lowest BCUT2D eigenvalue weighted by Gasteiger charge is -2.36. The van der Waals surface area contributed by atoms with Crippen molar-refractivity contribution in [1.82, 2.24) is 25.4 Å². The van der Waals surface area contributed by atoms with Crippen LogP contribution in [0.2, 0.25) is 5.02 Å². The number of carbonyl (C=O) groups excluding carboxylic acids is 1. The van der Waals surface area contributed by atoms with Crippen molar-refractivity contribution < 1.29 is 4.79 Å². The zero-order valence-electron chi connectivity index (χ0n) is 16.2. The van der Waals surface area contributed by atoms with Crippen LogP contribution in [0.3, 0.4) is 0 Å². The molecule has 152 valence electrons. The minimum absolute atomic E-state index is 0.00507. The quantitative estimate of drug-likeness (QED) is 0.509. The summed E-state index contributed by atoms with van der Waals surface area (Å²) < 4.78 is 0. The van der Waals surface area contributed by atoms with Gasteiger partial charge in [-0.3, -0.25) is 15.1 Å². The molecule has 3 heterocycles. The molecule has 1 aromatic carbocycles. The average molecular weight is 414 g/mol. The number of rotatable bonds is 5. The number of allylic oxidation sites excluding steroid dienone is 1. The van der Waals surface area contributed by atoms with Gasteiger partial charge in [-0.05, 0) is 29.8 Å². The Bertz CT molecular complexity index is 885. The zero-order valence-corrected chi connectivity index (χ0v) is 17.0. The second-order valence-electron chi connectivity index (χ2n) is 7.27. The summed E-state index contributed by atoms with van der Waals surface area (Å²) in [5.41, 5.74) is 13.8. The van der Waals surface area contributed by atoms with Crippen LogP contribution in [0.15, 0.2) is 59.2 Å². The first-order valence-electron chi connectivity index (χ1n) is 9.59. The molecule has 4 rings (SSSR count). The van der Waals surface area contributed by atoms with E-state index in [9.17, 15) is 4.79 Å². The highest BCUT2D eigenvalue weighted by Crippen LogP contribution is 2.32. The number of fused-ring (bicyclic) bond motifs is 1. The van der Waals surface area contributed by atoms with Crippen molar-refractivity contribution in [3.05, 3.63) is 64.6 Å². The predicted octanol–water partition coefficient (Wildman–Crippen LogP) is 2.35. The third-order valence-corrected chi connectivity index (χ3v) is 5.69. The van der Waals surface area contributed by atoms with Gasteiger partial charge in [-0.25, -0.2) is 0 Å². The van der Waals surface area contributed by atoms with Crippen molar-refractivity contribution in [2.24, 2.45) is 5.22 Å². The van der Waals surface area contributed by atoms with E-state index >= 15 is 0 Å². The standard InChI is InChI=1S/C20H24ClN7O/c1-14(29)27-10-8-26(9-11-27)13-18-20(15-2-4-16(21)5-3-15)23-19-7-6-17(24-25-22)12-28(18)19/h2-7,12,19,23H,8-11,13H2,1H3,(H2,22,24). The van der Waals surface area contributed by atoms with Gasteiger partial charge in [0.1, 0.15) is 6.17 Å². The van der Waals surface area contributed by atoms with E-state index in [1.165, 1.54) is 0 Å². The molecule has 3 aliphatic rings. The zero-order chi connectivity index (χ0) is 20.4. The lowest BCUT2D eigenvalue weighted by Crippen LogP contribution is -2.49. The third kappa shape index (κ3) is 4.13. The molecular weight excluding hydrogens is 390 g/mol. The van der Waals surface area contributed by atoms with Gasteiger partial charge < -0.3 is 15.1 Å². The second kappa shape index (κ2) is 8.26. The number of carbonyl (C=O) groups is 1. The SMILES string of the molecule is CC(=O)N1CCN(CC2=C(c3ccc(Cl)cc3)NC3C=CC(NN=N)=CN23)CC1. The van der Waals surface area contributed by atoms with Gasteiger partial charge in [-0.15, -0.1) is 0 Å². The van der Waals surface area contributed by atoms with E-state index in [4.69, 9.17) is 17.1 Å². The van der Waals surface area contributed by atoms with Crippen molar-refractivity contribution in [2.75, 3.05) is 32.7 Å². The van der Waals surface area contributed by atoms with Crippen LogP contribution in [0.25, 0.3) is 5.70 Å². The first-order valence-corrected chi connectivity index (χ1v) is 9.97. The van der Waals surface area contributed by atoms with Gasteiger partial charge in [0.25, 0.3) is 0 Å². The fourth-order valence-electron chi connectivity index (χ4n) is 3.88. The fraction of sp³-hybridized carbons (Fsp3) is 0.350. The predicted molar refractivity (Wildman–Crippen MR) is 111 cm³/mol. The van der Waals surface area contributed by atoms with E-state index in [1.807, 2.05) is 47.5 Å². The van der Waals surface area contributed by atoms with Gasteiger partial charge in [-0.1, -0.05) is 29.0 Å². The molecule has 1 aromatic rings. The first kappa shape index (κ1) is 19.5. The summed E-state index contributed by atoms with van der Waals surface area (Å²) in [4.78, 5) is 18.1. The fourth-order valence-corrected chi connectivity index (χ4v) is 4.00. The summed E-state index contributed by atoms with van der Waals surface area (Å²) >= 11 is 6.08. The normalized spacial score (nSPS) is 21.6. The van der Waals surface area contributed by atoms with Gasteiger partial charge in [-0.2, -0.15) is 5.53 Å². The maximum atomic E-state index is 11.6. The molecule has 29 heavy (non-hydrogen) atoms. The number of hydrogen-bond donors (Lipinski definition) is 3. The molecule has 9 heteroatoms. The summed E-state index contributed by atoms with van der Waals surface area (Å²) in [6.45, 7) is 5.54. The Morgan fingerprint density at radius 2 is 2.00 bits per heavy atom. The highest BCUT2D eigenvalue weighted by molar-refractivity contribution is 6.30. The molecule has 1 fully saturated rings. The van der Waals surface area contributed by atoms with Gasteiger partial charge >= 0.3 is 0 Å². The number of amides is 1. The molecule has 3 aliphatic heterocycles. The second-order valence-corrected chi connectivity index (χ2v) is 7.71. The Morgan fingerprint density at radius 3 is 2.66 bits per heavy atom. The molecular formula is C20H24ClN7O. The average Bonchev–Trinajstić information content (AvgIpc) is 3.07. The van der Waals surface area contributed by atoms with E-state index < -0.39 is 0 Å². The topological polar surface area (TPSA) is 87.1 Å². The van der Waals surface area contributed by atoms with Crippen LogP contribution < -0.4 is 10.7 Å². The lowest BCUT2D eigenvalue weighted by molar-refractivity contribution is -0.130. The molecule has 0 aliphatic carbocycles. The molecule has 3 N–H and O–H groups in total. The van der Waals surface area contributed by atoms with Crippen LogP contribution >= 0.6 is 11.6 Å². The number of benzene rings is 1. The van der Waals surface area contributed by atoms with Crippen LogP contribution in [0.5, 0.6) is 0 Å². The van der Waals surface area contributed by atoms with Crippen molar-refractivity contribution >= 4 is 23.2 Å². The Hall–Kier alpha value is -2.84. The summed E-state index contributed by atoms with van der Waals surface area (Å²) in [5.74, 6) is 0.132. The van der Waals surface area contributed by atoms with Gasteiger partial charge in [0, 0.05) is 50.9 Å². The van der Waals surface area contributed by atoms with Crippen molar-refractivity contribution in [3.63, 3.8) is 0 Å². The Labute approximate surface area is 175 Å². The van der Waals surface area contributed by atoms with Gasteiger partial charge in [0.2, 0.25) is 5.91 Å². The van der Waals surface area contributed by atoms with Gasteiger partial charge in [0.15, 0.2) is 0 Å². The minimum atomic E-state index is 0.00507. The Balaban J connectivity index is 1.61. The molecule has 1 atom stereocenters. The smallest absolute Gasteiger partial charge is 0.219 e. The number of piperazine rings is 1. The Morgan fingerprint density at radius 1 is 1.28 bits per heavy atom. The van der Waals surface area contributed by atoms with E-state index in [0.29, 0.717) is 5.02 Å². The summed E-state index contributed by atoms with van der Waals surface area (Å²) in [5, 5.41) is 7.58.